The molecule has 0 radical (unpaired) electrons. The van der Waals surface area contributed by atoms with Crippen LogP contribution in [0.25, 0.3) is 0 Å². The van der Waals surface area contributed by atoms with Gasteiger partial charge in [0.05, 0.1) is 23.2 Å². The Balaban J connectivity index is 1.38. The maximum Gasteiger partial charge on any atom is 0.416 e. The number of anilines is 1. The first-order valence-electron chi connectivity index (χ1n) is 13.8. The van der Waals surface area contributed by atoms with E-state index in [0.29, 0.717) is 55.1 Å². The van der Waals surface area contributed by atoms with E-state index >= 15 is 0 Å². The lowest BCUT2D eigenvalue weighted by atomic mass is 9.95. The van der Waals surface area contributed by atoms with Crippen molar-refractivity contribution in [2.45, 2.75) is 44.6 Å². The lowest BCUT2D eigenvalue weighted by molar-refractivity contribution is -0.138. The number of amides is 2. The lowest BCUT2D eigenvalue weighted by Gasteiger charge is -2.41. The second-order valence-corrected chi connectivity index (χ2v) is 10.4. The van der Waals surface area contributed by atoms with Gasteiger partial charge in [0.2, 0.25) is 0 Å². The summed E-state index contributed by atoms with van der Waals surface area (Å²) in [5.41, 5.74) is 2.15. The number of nitrogens with zero attached hydrogens (tertiary/aromatic N) is 4. The van der Waals surface area contributed by atoms with Gasteiger partial charge >= 0.3 is 12.2 Å². The van der Waals surface area contributed by atoms with Crippen molar-refractivity contribution >= 4 is 11.7 Å². The minimum Gasteiger partial charge on any atom is -0.347 e. The number of halogens is 3. The number of urea groups is 1. The van der Waals surface area contributed by atoms with Crippen LogP contribution in [0.3, 0.4) is 0 Å². The number of carbonyl (C=O) groups is 1. The van der Waals surface area contributed by atoms with E-state index < -0.39 is 17.8 Å². The van der Waals surface area contributed by atoms with Crippen molar-refractivity contribution in [3.05, 3.63) is 119 Å². The number of alkyl halides is 3. The standard InChI is InChI=1S/C32H31F3N6O/c1-22-7-12-25(19-28(22)32(33,34)35)29(30-37-15-16-38-30)40-17-13-27(14-18-40)41(21-24-10-8-23(20-36)9-11-24)31(42)39-26-5-3-2-4-6-26/h2-12,15-16,19,27,29H,13-14,17-18,21H2,1H3,(H,37,38)(H,39,42). The summed E-state index contributed by atoms with van der Waals surface area (Å²) >= 11 is 0. The van der Waals surface area contributed by atoms with Crippen LogP contribution < -0.4 is 5.32 Å². The highest BCUT2D eigenvalue weighted by Gasteiger charge is 2.36. The van der Waals surface area contributed by atoms with Crippen LogP contribution in [-0.4, -0.2) is 44.9 Å². The molecule has 0 saturated carbocycles. The molecule has 1 fully saturated rings. The predicted molar refractivity (Wildman–Crippen MR) is 153 cm³/mol. The number of rotatable bonds is 7. The molecule has 1 aliphatic rings. The van der Waals surface area contributed by atoms with E-state index in [2.05, 4.69) is 26.3 Å². The van der Waals surface area contributed by atoms with Gasteiger partial charge in [0.25, 0.3) is 0 Å². The second kappa shape index (κ2) is 12.5. The maximum atomic E-state index is 13.8. The van der Waals surface area contributed by atoms with Gasteiger partial charge in [0.1, 0.15) is 5.82 Å². The Labute approximate surface area is 242 Å². The molecule has 10 heteroatoms. The highest BCUT2D eigenvalue weighted by molar-refractivity contribution is 5.89. The Morgan fingerprint density at radius 1 is 1.12 bits per heavy atom. The minimum absolute atomic E-state index is 0.110. The number of benzene rings is 3. The molecule has 2 heterocycles. The first-order chi connectivity index (χ1) is 20.2. The van der Waals surface area contributed by atoms with Crippen LogP contribution in [0, 0.1) is 18.3 Å². The number of aryl methyl sites for hydroxylation is 1. The van der Waals surface area contributed by atoms with Gasteiger partial charge in [-0.2, -0.15) is 18.4 Å². The van der Waals surface area contributed by atoms with Gasteiger partial charge in [-0.15, -0.1) is 0 Å². The summed E-state index contributed by atoms with van der Waals surface area (Å²) in [5.74, 6) is 0.571. The van der Waals surface area contributed by atoms with Gasteiger partial charge in [-0.05, 0) is 66.8 Å². The molecular weight excluding hydrogens is 541 g/mol. The fraction of sp³-hybridized carbons (Fsp3) is 0.281. The van der Waals surface area contributed by atoms with Crippen molar-refractivity contribution in [2.24, 2.45) is 0 Å². The van der Waals surface area contributed by atoms with E-state index in [-0.39, 0.29) is 17.6 Å². The zero-order valence-electron chi connectivity index (χ0n) is 23.1. The third kappa shape index (κ3) is 6.64. The van der Waals surface area contributed by atoms with Crippen molar-refractivity contribution in [2.75, 3.05) is 18.4 Å². The molecule has 1 aliphatic heterocycles. The Hall–Kier alpha value is -4.62. The van der Waals surface area contributed by atoms with Crippen molar-refractivity contribution in [1.82, 2.24) is 19.8 Å². The molecule has 42 heavy (non-hydrogen) atoms. The molecule has 1 unspecified atom stereocenters. The topological polar surface area (TPSA) is 88.1 Å². The van der Waals surface area contributed by atoms with Gasteiger partial charge in [-0.3, -0.25) is 4.90 Å². The smallest absolute Gasteiger partial charge is 0.347 e. The molecule has 2 N–H and O–H groups in total. The lowest BCUT2D eigenvalue weighted by Crippen LogP contribution is -2.49. The van der Waals surface area contributed by atoms with Crippen LogP contribution in [0.4, 0.5) is 23.7 Å². The Morgan fingerprint density at radius 3 is 2.45 bits per heavy atom. The molecule has 2 amide bonds. The number of H-pyrrole nitrogens is 1. The van der Waals surface area contributed by atoms with Gasteiger partial charge in [-0.1, -0.05) is 42.5 Å². The summed E-state index contributed by atoms with van der Waals surface area (Å²) in [7, 11) is 0. The van der Waals surface area contributed by atoms with E-state index in [4.69, 9.17) is 5.26 Å². The molecule has 3 aromatic carbocycles. The van der Waals surface area contributed by atoms with Crippen LogP contribution in [0.5, 0.6) is 0 Å². The normalized spacial score (nSPS) is 15.1. The number of carbonyl (C=O) groups excluding carboxylic acids is 1. The SMILES string of the molecule is Cc1ccc(C(c2ncc[nH]2)N2CCC(N(Cc3ccc(C#N)cc3)C(=O)Nc3ccccc3)CC2)cc1C(F)(F)F. The number of hydrogen-bond donors (Lipinski definition) is 2. The van der Waals surface area contributed by atoms with E-state index in [9.17, 15) is 18.0 Å². The number of piperidine rings is 1. The van der Waals surface area contributed by atoms with Crippen LogP contribution in [0.2, 0.25) is 0 Å². The quantitative estimate of drug-likeness (QED) is 0.252. The zero-order valence-corrected chi connectivity index (χ0v) is 23.1. The molecule has 7 nitrogen and oxygen atoms in total. The van der Waals surface area contributed by atoms with Gasteiger partial charge < -0.3 is 15.2 Å². The van der Waals surface area contributed by atoms with E-state index in [1.807, 2.05) is 42.5 Å². The summed E-state index contributed by atoms with van der Waals surface area (Å²) in [5, 5.41) is 12.2. The first-order valence-corrected chi connectivity index (χ1v) is 13.8. The third-order valence-electron chi connectivity index (χ3n) is 7.69. The number of aromatic amines is 1. The largest absolute Gasteiger partial charge is 0.416 e. The molecule has 216 valence electrons. The van der Waals surface area contributed by atoms with Crippen LogP contribution >= 0.6 is 0 Å². The fourth-order valence-electron chi connectivity index (χ4n) is 5.50. The highest BCUT2D eigenvalue weighted by atomic mass is 19.4. The number of likely N-dealkylation sites (tertiary alicyclic amines) is 1. The highest BCUT2D eigenvalue weighted by Crippen LogP contribution is 2.37. The third-order valence-corrected chi connectivity index (χ3v) is 7.69. The second-order valence-electron chi connectivity index (χ2n) is 10.4. The van der Waals surface area contributed by atoms with E-state index in [1.165, 1.54) is 19.1 Å². The van der Waals surface area contributed by atoms with Gasteiger partial charge in [0.15, 0.2) is 0 Å². The predicted octanol–water partition coefficient (Wildman–Crippen LogP) is 6.90. The summed E-state index contributed by atoms with van der Waals surface area (Å²) in [6, 6.07) is 22.1. The summed E-state index contributed by atoms with van der Waals surface area (Å²) in [4.78, 5) is 25.0. The van der Waals surface area contributed by atoms with Crippen molar-refractivity contribution in [3.8, 4) is 6.07 Å². The maximum absolute atomic E-state index is 13.8. The molecule has 0 spiro atoms. The zero-order chi connectivity index (χ0) is 29.7. The average Bonchev–Trinajstić information content (AvgIpc) is 3.52. The van der Waals surface area contributed by atoms with E-state index in [1.54, 1.807) is 35.5 Å². The van der Waals surface area contributed by atoms with Gasteiger partial charge in [-0.25, -0.2) is 9.78 Å². The van der Waals surface area contributed by atoms with Crippen LogP contribution in [0.15, 0.2) is 85.2 Å². The fourth-order valence-corrected chi connectivity index (χ4v) is 5.50. The molecular formula is C32H31F3N6O. The number of aromatic nitrogens is 2. The number of hydrogen-bond acceptors (Lipinski definition) is 4. The summed E-state index contributed by atoms with van der Waals surface area (Å²) in [6.07, 6.45) is 0.0442. The van der Waals surface area contributed by atoms with Crippen LogP contribution in [0.1, 0.15) is 52.5 Å². The Morgan fingerprint density at radius 2 is 1.83 bits per heavy atom. The molecule has 4 aromatic rings. The molecule has 0 aliphatic carbocycles. The van der Waals surface area contributed by atoms with Crippen molar-refractivity contribution in [1.29, 1.82) is 5.26 Å². The molecule has 5 rings (SSSR count). The summed E-state index contributed by atoms with van der Waals surface area (Å²) < 4.78 is 41.3. The molecule has 1 aromatic heterocycles. The Kier molecular flexibility index (Phi) is 8.59. The first kappa shape index (κ1) is 28.9. The number of para-hydroxylation sites is 1. The number of nitriles is 1. The monoisotopic (exact) mass is 572 g/mol. The number of imidazole rings is 1. The molecule has 0 bridgehead atoms. The molecule has 1 saturated heterocycles. The minimum atomic E-state index is -4.46. The summed E-state index contributed by atoms with van der Waals surface area (Å²) in [6.45, 7) is 2.91. The van der Waals surface area contributed by atoms with Crippen molar-refractivity contribution in [3.63, 3.8) is 0 Å². The van der Waals surface area contributed by atoms with Gasteiger partial charge in [0, 0.05) is 43.8 Å². The Bertz CT molecular complexity index is 1520. The molecule has 1 atom stereocenters. The average molecular weight is 573 g/mol. The van der Waals surface area contributed by atoms with Crippen LogP contribution in [-0.2, 0) is 12.7 Å². The van der Waals surface area contributed by atoms with E-state index in [0.717, 1.165) is 5.56 Å². The number of nitrogens with one attached hydrogen (secondary N) is 2. The van der Waals surface area contributed by atoms with Crippen molar-refractivity contribution < 1.29 is 18.0 Å².